The summed E-state index contributed by atoms with van der Waals surface area (Å²) in [6.45, 7) is 1.99. The molecule has 0 bridgehead atoms. The summed E-state index contributed by atoms with van der Waals surface area (Å²) in [5, 5.41) is 2.57. The second kappa shape index (κ2) is 5.28. The molecule has 0 aliphatic rings. The van der Waals surface area contributed by atoms with Gasteiger partial charge in [-0.05, 0) is 30.2 Å². The van der Waals surface area contributed by atoms with Crippen molar-refractivity contribution in [3.05, 3.63) is 33.8 Å². The zero-order chi connectivity index (χ0) is 11.4. The lowest BCUT2D eigenvalue weighted by molar-refractivity contribution is -0.120. The van der Waals surface area contributed by atoms with Gasteiger partial charge in [0.2, 0.25) is 5.91 Å². The third-order valence-corrected chi connectivity index (χ3v) is 2.82. The first kappa shape index (κ1) is 12.2. The van der Waals surface area contributed by atoms with Crippen LogP contribution in [0.4, 0.5) is 0 Å². The normalized spacial score (nSPS) is 12.3. The van der Waals surface area contributed by atoms with Crippen molar-refractivity contribution < 1.29 is 4.79 Å². The molecule has 0 saturated carbocycles. The van der Waals surface area contributed by atoms with Crippen molar-refractivity contribution in [2.24, 2.45) is 5.73 Å². The van der Waals surface area contributed by atoms with Crippen LogP contribution in [-0.2, 0) is 4.79 Å². The molecule has 0 aliphatic carbocycles. The number of aryl methyl sites for hydroxylation is 1. The fourth-order valence-electron chi connectivity index (χ4n) is 1.42. The zero-order valence-corrected chi connectivity index (χ0v) is 10.5. The lowest BCUT2D eigenvalue weighted by atomic mass is 9.99. The molecule has 3 nitrogen and oxygen atoms in total. The highest BCUT2D eigenvalue weighted by atomic mass is 79.9. The van der Waals surface area contributed by atoms with Crippen LogP contribution in [0, 0.1) is 6.92 Å². The molecule has 0 spiro atoms. The van der Waals surface area contributed by atoms with Crippen LogP contribution in [0.5, 0.6) is 0 Å². The van der Waals surface area contributed by atoms with Gasteiger partial charge >= 0.3 is 0 Å². The fraction of sp³-hybridized carbons (Fsp3) is 0.364. The Morgan fingerprint density at radius 3 is 2.87 bits per heavy atom. The quantitative estimate of drug-likeness (QED) is 0.882. The molecule has 1 rings (SSSR count). The Morgan fingerprint density at radius 2 is 2.27 bits per heavy atom. The Hall–Kier alpha value is -0.870. The Balaban J connectivity index is 2.85. The highest BCUT2D eigenvalue weighted by Gasteiger charge is 2.12. The standard InChI is InChI=1S/C11H15BrN2O/c1-7-3-4-8(12)5-9(7)10(13)6-11(15)14-2/h3-5,10H,6,13H2,1-2H3,(H,14,15). The van der Waals surface area contributed by atoms with E-state index in [2.05, 4.69) is 21.2 Å². The van der Waals surface area contributed by atoms with Crippen LogP contribution in [0.15, 0.2) is 22.7 Å². The Kier molecular flexibility index (Phi) is 4.29. The van der Waals surface area contributed by atoms with E-state index in [1.807, 2.05) is 25.1 Å². The van der Waals surface area contributed by atoms with Crippen molar-refractivity contribution in [2.75, 3.05) is 7.05 Å². The average molecular weight is 271 g/mol. The largest absolute Gasteiger partial charge is 0.359 e. The maximum atomic E-state index is 11.2. The van der Waals surface area contributed by atoms with Crippen molar-refractivity contribution in [2.45, 2.75) is 19.4 Å². The fourth-order valence-corrected chi connectivity index (χ4v) is 1.80. The average Bonchev–Trinajstić information content (AvgIpc) is 2.21. The van der Waals surface area contributed by atoms with Crippen LogP contribution in [0.1, 0.15) is 23.6 Å². The molecule has 15 heavy (non-hydrogen) atoms. The molecule has 3 N–H and O–H groups in total. The van der Waals surface area contributed by atoms with Gasteiger partial charge in [-0.1, -0.05) is 22.0 Å². The molecule has 0 aliphatic heterocycles. The van der Waals surface area contributed by atoms with Crippen LogP contribution < -0.4 is 11.1 Å². The first-order chi connectivity index (χ1) is 7.04. The summed E-state index contributed by atoms with van der Waals surface area (Å²) in [7, 11) is 1.61. The first-order valence-corrected chi connectivity index (χ1v) is 5.56. The van der Waals surface area contributed by atoms with Gasteiger partial charge in [-0.15, -0.1) is 0 Å². The van der Waals surface area contributed by atoms with E-state index in [-0.39, 0.29) is 11.9 Å². The number of benzene rings is 1. The number of amides is 1. The van der Waals surface area contributed by atoms with Gasteiger partial charge in [0.1, 0.15) is 0 Å². The molecule has 0 saturated heterocycles. The van der Waals surface area contributed by atoms with Gasteiger partial charge in [0, 0.05) is 24.0 Å². The summed E-state index contributed by atoms with van der Waals surface area (Å²) in [5.74, 6) is -0.0399. The van der Waals surface area contributed by atoms with E-state index < -0.39 is 0 Å². The minimum absolute atomic E-state index is 0.0399. The Labute approximate surface area is 98.2 Å². The summed E-state index contributed by atoms with van der Waals surface area (Å²) < 4.78 is 0.982. The van der Waals surface area contributed by atoms with Crippen LogP contribution in [0.3, 0.4) is 0 Å². The summed E-state index contributed by atoms with van der Waals surface area (Å²) >= 11 is 3.39. The van der Waals surface area contributed by atoms with E-state index in [1.165, 1.54) is 0 Å². The lowest BCUT2D eigenvalue weighted by Gasteiger charge is -2.14. The second-order valence-corrected chi connectivity index (χ2v) is 4.40. The number of carbonyl (C=O) groups excluding carboxylic acids is 1. The molecule has 4 heteroatoms. The first-order valence-electron chi connectivity index (χ1n) is 4.76. The van der Waals surface area contributed by atoms with Crippen LogP contribution in [-0.4, -0.2) is 13.0 Å². The van der Waals surface area contributed by atoms with Gasteiger partial charge in [0.15, 0.2) is 0 Å². The minimum atomic E-state index is -0.248. The molecule has 0 radical (unpaired) electrons. The number of nitrogens with two attached hydrogens (primary N) is 1. The highest BCUT2D eigenvalue weighted by molar-refractivity contribution is 9.10. The van der Waals surface area contributed by atoms with Crippen LogP contribution in [0.2, 0.25) is 0 Å². The lowest BCUT2D eigenvalue weighted by Crippen LogP contribution is -2.24. The predicted molar refractivity (Wildman–Crippen MR) is 64.5 cm³/mol. The third kappa shape index (κ3) is 3.32. The van der Waals surface area contributed by atoms with Crippen molar-refractivity contribution in [3.63, 3.8) is 0 Å². The van der Waals surface area contributed by atoms with Gasteiger partial charge in [0.25, 0.3) is 0 Å². The second-order valence-electron chi connectivity index (χ2n) is 3.48. The summed E-state index contributed by atoms with van der Waals surface area (Å²) in [4.78, 5) is 11.2. The van der Waals surface area contributed by atoms with E-state index in [0.29, 0.717) is 6.42 Å². The van der Waals surface area contributed by atoms with Crippen LogP contribution >= 0.6 is 15.9 Å². The molecular formula is C11H15BrN2O. The number of nitrogens with one attached hydrogen (secondary N) is 1. The minimum Gasteiger partial charge on any atom is -0.359 e. The number of carbonyl (C=O) groups is 1. The smallest absolute Gasteiger partial charge is 0.221 e. The number of rotatable bonds is 3. The Bertz CT molecular complexity index is 366. The molecule has 1 aromatic carbocycles. The van der Waals surface area contributed by atoms with E-state index in [0.717, 1.165) is 15.6 Å². The summed E-state index contributed by atoms with van der Waals surface area (Å²) in [6, 6.07) is 5.67. The molecule has 0 heterocycles. The van der Waals surface area contributed by atoms with Gasteiger partial charge < -0.3 is 11.1 Å². The monoisotopic (exact) mass is 270 g/mol. The van der Waals surface area contributed by atoms with Crippen molar-refractivity contribution in [3.8, 4) is 0 Å². The van der Waals surface area contributed by atoms with Crippen molar-refractivity contribution in [1.82, 2.24) is 5.32 Å². The molecule has 1 unspecified atom stereocenters. The maximum absolute atomic E-state index is 11.2. The molecular weight excluding hydrogens is 256 g/mol. The molecule has 1 aromatic rings. The molecule has 82 valence electrons. The number of hydrogen-bond donors (Lipinski definition) is 2. The topological polar surface area (TPSA) is 55.1 Å². The van der Waals surface area contributed by atoms with E-state index in [9.17, 15) is 4.79 Å². The van der Waals surface area contributed by atoms with Gasteiger partial charge in [-0.25, -0.2) is 0 Å². The van der Waals surface area contributed by atoms with Gasteiger partial charge in [0.05, 0.1) is 0 Å². The van der Waals surface area contributed by atoms with Crippen molar-refractivity contribution in [1.29, 1.82) is 0 Å². The summed E-state index contributed by atoms with van der Waals surface area (Å²) in [6.07, 6.45) is 0.313. The maximum Gasteiger partial charge on any atom is 0.221 e. The number of halogens is 1. The Morgan fingerprint density at radius 1 is 1.60 bits per heavy atom. The van der Waals surface area contributed by atoms with Crippen molar-refractivity contribution >= 4 is 21.8 Å². The third-order valence-electron chi connectivity index (χ3n) is 2.32. The van der Waals surface area contributed by atoms with E-state index >= 15 is 0 Å². The molecule has 1 atom stereocenters. The number of hydrogen-bond acceptors (Lipinski definition) is 2. The van der Waals surface area contributed by atoms with Crippen LogP contribution in [0.25, 0.3) is 0 Å². The zero-order valence-electron chi connectivity index (χ0n) is 8.88. The van der Waals surface area contributed by atoms with Gasteiger partial charge in [-0.2, -0.15) is 0 Å². The predicted octanol–water partition coefficient (Wildman–Crippen LogP) is 1.89. The SMILES string of the molecule is CNC(=O)CC(N)c1cc(Br)ccc1C. The molecule has 1 amide bonds. The molecule has 0 aromatic heterocycles. The van der Waals surface area contributed by atoms with Gasteiger partial charge in [-0.3, -0.25) is 4.79 Å². The van der Waals surface area contributed by atoms with E-state index in [4.69, 9.17) is 5.73 Å². The molecule has 0 fully saturated rings. The highest BCUT2D eigenvalue weighted by Crippen LogP contribution is 2.22. The summed E-state index contributed by atoms with van der Waals surface area (Å²) in [5.41, 5.74) is 8.07. The van der Waals surface area contributed by atoms with E-state index in [1.54, 1.807) is 7.05 Å².